The molecule has 7 nitrogen and oxygen atoms in total. The zero-order chi connectivity index (χ0) is 12.5. The van der Waals surface area contributed by atoms with Crippen LogP contribution in [0, 0.1) is 11.3 Å². The summed E-state index contributed by atoms with van der Waals surface area (Å²) in [5, 5.41) is 25.1. The Kier molecular flexibility index (Phi) is 2.53. The molecule has 0 radical (unpaired) electrons. The molecule has 2 aromatic heterocycles. The lowest BCUT2D eigenvalue weighted by Gasteiger charge is -1.99. The van der Waals surface area contributed by atoms with Crippen molar-refractivity contribution in [3.63, 3.8) is 0 Å². The summed E-state index contributed by atoms with van der Waals surface area (Å²) >= 11 is 1.46. The van der Waals surface area contributed by atoms with Crippen LogP contribution in [0.1, 0.15) is 33.0 Å². The zero-order valence-corrected chi connectivity index (χ0v) is 10.0. The monoisotopic (exact) mass is 260 g/mol. The van der Waals surface area contributed by atoms with E-state index in [1.54, 1.807) is 0 Å². The third kappa shape index (κ3) is 1.65. The number of nitriles is 1. The molecule has 1 amide bonds. The SMILES string of the molecule is N#Cc1c(NC(=O)c2nn[nH]n2)sc2c1CCC2. The topological polar surface area (TPSA) is 107 Å². The third-order valence-corrected chi connectivity index (χ3v) is 4.02. The predicted molar refractivity (Wildman–Crippen MR) is 63.2 cm³/mol. The van der Waals surface area contributed by atoms with Crippen molar-refractivity contribution in [2.75, 3.05) is 5.32 Å². The Morgan fingerprint density at radius 2 is 2.39 bits per heavy atom. The molecule has 0 saturated carbocycles. The molecule has 0 saturated heterocycles. The molecule has 0 spiro atoms. The number of fused-ring (bicyclic) bond motifs is 1. The predicted octanol–water partition coefficient (Wildman–Crippen LogP) is 0.874. The molecule has 0 aliphatic heterocycles. The lowest BCUT2D eigenvalue weighted by Crippen LogP contribution is -2.13. The van der Waals surface area contributed by atoms with E-state index in [2.05, 4.69) is 32.0 Å². The Balaban J connectivity index is 1.90. The molecule has 2 aromatic rings. The number of carbonyl (C=O) groups excluding carboxylic acids is 1. The molecule has 3 rings (SSSR count). The molecule has 1 aliphatic carbocycles. The highest BCUT2D eigenvalue weighted by Gasteiger charge is 2.24. The van der Waals surface area contributed by atoms with Crippen LogP contribution in [0.25, 0.3) is 0 Å². The summed E-state index contributed by atoms with van der Waals surface area (Å²) in [7, 11) is 0. The largest absolute Gasteiger partial charge is 0.310 e. The normalized spacial score (nSPS) is 13.1. The Labute approximate surface area is 106 Å². The smallest absolute Gasteiger partial charge is 0.297 e. The zero-order valence-electron chi connectivity index (χ0n) is 9.23. The van der Waals surface area contributed by atoms with Gasteiger partial charge < -0.3 is 5.32 Å². The number of thiophene rings is 1. The van der Waals surface area contributed by atoms with Gasteiger partial charge in [-0.1, -0.05) is 0 Å². The first-order chi connectivity index (χ1) is 8.79. The molecule has 2 N–H and O–H groups in total. The Bertz CT molecular complexity index is 638. The van der Waals surface area contributed by atoms with Gasteiger partial charge in [0, 0.05) is 4.88 Å². The Morgan fingerprint density at radius 3 is 3.11 bits per heavy atom. The highest BCUT2D eigenvalue weighted by molar-refractivity contribution is 7.16. The van der Waals surface area contributed by atoms with Crippen LogP contribution in [-0.4, -0.2) is 26.5 Å². The van der Waals surface area contributed by atoms with Gasteiger partial charge in [-0.2, -0.15) is 10.5 Å². The summed E-state index contributed by atoms with van der Waals surface area (Å²) in [6, 6.07) is 2.16. The van der Waals surface area contributed by atoms with E-state index < -0.39 is 5.91 Å². The van der Waals surface area contributed by atoms with Gasteiger partial charge in [0.1, 0.15) is 11.1 Å². The van der Waals surface area contributed by atoms with Gasteiger partial charge in [0.05, 0.1) is 5.56 Å². The van der Waals surface area contributed by atoms with E-state index in [4.69, 9.17) is 0 Å². The summed E-state index contributed by atoms with van der Waals surface area (Å²) in [6.45, 7) is 0. The second-order valence-electron chi connectivity index (χ2n) is 3.86. The molecule has 8 heteroatoms. The maximum absolute atomic E-state index is 11.8. The first kappa shape index (κ1) is 10.9. The van der Waals surface area contributed by atoms with Gasteiger partial charge in [-0.15, -0.1) is 21.5 Å². The van der Waals surface area contributed by atoms with Crippen LogP contribution < -0.4 is 5.32 Å². The summed E-state index contributed by atoms with van der Waals surface area (Å²) in [6.07, 6.45) is 2.97. The Hall–Kier alpha value is -2.27. The standard InChI is InChI=1S/C10H8N6OS/c11-4-6-5-2-1-3-7(5)18-10(6)12-9(17)8-13-15-16-14-8/h1-3H2,(H,12,17)(H,13,14,15,16). The number of nitrogens with zero attached hydrogens (tertiary/aromatic N) is 4. The number of nitrogens with one attached hydrogen (secondary N) is 2. The number of carbonyl (C=O) groups is 1. The lowest BCUT2D eigenvalue weighted by molar-refractivity contribution is 0.101. The molecule has 18 heavy (non-hydrogen) atoms. The fourth-order valence-electron chi connectivity index (χ4n) is 2.03. The minimum Gasteiger partial charge on any atom is -0.310 e. The van der Waals surface area contributed by atoms with Crippen LogP contribution in [0.3, 0.4) is 0 Å². The van der Waals surface area contributed by atoms with Crippen molar-refractivity contribution in [1.29, 1.82) is 5.26 Å². The van der Waals surface area contributed by atoms with Crippen molar-refractivity contribution < 1.29 is 4.79 Å². The number of amides is 1. The fraction of sp³-hybridized carbons (Fsp3) is 0.300. The van der Waals surface area contributed by atoms with E-state index in [0.29, 0.717) is 10.6 Å². The number of hydrogen-bond donors (Lipinski definition) is 2. The lowest BCUT2D eigenvalue weighted by atomic mass is 10.1. The number of aromatic amines is 1. The molecular formula is C10H8N6OS. The molecular weight excluding hydrogens is 252 g/mol. The van der Waals surface area contributed by atoms with Gasteiger partial charge in [0.15, 0.2) is 0 Å². The van der Waals surface area contributed by atoms with Crippen LogP contribution in [0.4, 0.5) is 5.00 Å². The van der Waals surface area contributed by atoms with Crippen LogP contribution in [0.5, 0.6) is 0 Å². The second-order valence-corrected chi connectivity index (χ2v) is 4.97. The van der Waals surface area contributed by atoms with Crippen molar-refractivity contribution in [3.05, 3.63) is 21.8 Å². The fourth-order valence-corrected chi connectivity index (χ4v) is 3.26. The van der Waals surface area contributed by atoms with Gasteiger partial charge in [-0.3, -0.25) is 4.79 Å². The molecule has 0 bridgehead atoms. The summed E-state index contributed by atoms with van der Waals surface area (Å²) in [4.78, 5) is 13.0. The van der Waals surface area contributed by atoms with Crippen LogP contribution in [0.2, 0.25) is 0 Å². The van der Waals surface area contributed by atoms with Crippen molar-refractivity contribution >= 4 is 22.2 Å². The minimum atomic E-state index is -0.458. The maximum Gasteiger partial charge on any atom is 0.297 e. The first-order valence-corrected chi connectivity index (χ1v) is 6.20. The molecule has 1 aliphatic rings. The van der Waals surface area contributed by atoms with E-state index in [1.807, 2.05) is 0 Å². The van der Waals surface area contributed by atoms with Crippen molar-refractivity contribution in [2.24, 2.45) is 0 Å². The van der Waals surface area contributed by atoms with E-state index in [0.717, 1.165) is 24.8 Å². The molecule has 0 atom stereocenters. The number of anilines is 1. The highest BCUT2D eigenvalue weighted by atomic mass is 32.1. The second kappa shape index (κ2) is 4.19. The van der Waals surface area contributed by atoms with E-state index in [1.165, 1.54) is 16.2 Å². The van der Waals surface area contributed by atoms with Crippen molar-refractivity contribution in [1.82, 2.24) is 20.6 Å². The number of aromatic nitrogens is 4. The highest BCUT2D eigenvalue weighted by Crippen LogP contribution is 2.38. The maximum atomic E-state index is 11.8. The number of hydrogen-bond acceptors (Lipinski definition) is 6. The molecule has 0 unspecified atom stereocenters. The molecule has 0 aromatic carbocycles. The van der Waals surface area contributed by atoms with Crippen molar-refractivity contribution in [2.45, 2.75) is 19.3 Å². The molecule has 0 fully saturated rings. The quantitative estimate of drug-likeness (QED) is 0.833. The van der Waals surface area contributed by atoms with Crippen LogP contribution in [0.15, 0.2) is 0 Å². The van der Waals surface area contributed by atoms with Gasteiger partial charge in [0.25, 0.3) is 11.7 Å². The van der Waals surface area contributed by atoms with Gasteiger partial charge in [0.2, 0.25) is 0 Å². The third-order valence-electron chi connectivity index (χ3n) is 2.81. The van der Waals surface area contributed by atoms with E-state index in [9.17, 15) is 10.1 Å². The van der Waals surface area contributed by atoms with Crippen LogP contribution in [-0.2, 0) is 12.8 Å². The van der Waals surface area contributed by atoms with Gasteiger partial charge in [-0.05, 0) is 30.0 Å². The summed E-state index contributed by atoms with van der Waals surface area (Å²) in [5.41, 5.74) is 1.65. The molecule has 90 valence electrons. The summed E-state index contributed by atoms with van der Waals surface area (Å²) < 4.78 is 0. The van der Waals surface area contributed by atoms with E-state index in [-0.39, 0.29) is 5.82 Å². The number of tetrazole rings is 1. The Morgan fingerprint density at radius 1 is 1.50 bits per heavy atom. The number of rotatable bonds is 2. The van der Waals surface area contributed by atoms with Crippen molar-refractivity contribution in [3.8, 4) is 6.07 Å². The van der Waals surface area contributed by atoms with Crippen LogP contribution >= 0.6 is 11.3 Å². The van der Waals surface area contributed by atoms with E-state index >= 15 is 0 Å². The van der Waals surface area contributed by atoms with Gasteiger partial charge >= 0.3 is 0 Å². The number of H-pyrrole nitrogens is 1. The number of aryl methyl sites for hydroxylation is 1. The van der Waals surface area contributed by atoms with Gasteiger partial charge in [-0.25, -0.2) is 0 Å². The first-order valence-electron chi connectivity index (χ1n) is 5.39. The summed E-state index contributed by atoms with van der Waals surface area (Å²) in [5.74, 6) is -0.493. The minimum absolute atomic E-state index is 0.0348. The average molecular weight is 260 g/mol. The molecule has 2 heterocycles. The average Bonchev–Trinajstić information content (AvgIpc) is 3.04.